The number of hydrogen-bond donors (Lipinski definition) is 1. The van der Waals surface area contributed by atoms with Gasteiger partial charge >= 0.3 is 0 Å². The zero-order valence-electron chi connectivity index (χ0n) is 13.8. The highest BCUT2D eigenvalue weighted by Crippen LogP contribution is 2.36. The zero-order valence-corrected chi connectivity index (χ0v) is 13.8. The average molecular weight is 291 g/mol. The Kier molecular flexibility index (Phi) is 5.28. The molecule has 1 aromatic rings. The Hall–Kier alpha value is -1.06. The maximum Gasteiger partial charge on any atom is 0.118 e. The van der Waals surface area contributed by atoms with E-state index in [4.69, 9.17) is 4.74 Å². The first-order chi connectivity index (χ1) is 9.91. The van der Waals surface area contributed by atoms with Gasteiger partial charge in [-0.05, 0) is 55.8 Å². The second-order valence-corrected chi connectivity index (χ2v) is 7.12. The maximum atomic E-state index is 10.4. The summed E-state index contributed by atoms with van der Waals surface area (Å²) in [7, 11) is 3.79. The van der Waals surface area contributed by atoms with Crippen molar-refractivity contribution in [2.24, 2.45) is 5.41 Å². The molecule has 3 nitrogen and oxygen atoms in total. The molecular weight excluding hydrogens is 262 g/mol. The van der Waals surface area contributed by atoms with Crippen LogP contribution in [0.4, 0.5) is 0 Å². The lowest BCUT2D eigenvalue weighted by atomic mass is 9.75. The van der Waals surface area contributed by atoms with E-state index in [1.165, 1.54) is 25.7 Å². The summed E-state index contributed by atoms with van der Waals surface area (Å²) >= 11 is 0. The van der Waals surface area contributed by atoms with Gasteiger partial charge in [-0.15, -0.1) is 0 Å². The quantitative estimate of drug-likeness (QED) is 0.899. The van der Waals surface area contributed by atoms with Crippen LogP contribution in [-0.2, 0) is 0 Å². The molecule has 3 heteroatoms. The second kappa shape index (κ2) is 6.80. The van der Waals surface area contributed by atoms with Gasteiger partial charge in [-0.1, -0.05) is 26.0 Å². The van der Waals surface area contributed by atoms with Crippen molar-refractivity contribution in [2.45, 2.75) is 51.7 Å². The third kappa shape index (κ3) is 4.45. The van der Waals surface area contributed by atoms with E-state index in [1.807, 2.05) is 24.3 Å². The first kappa shape index (κ1) is 16.3. The minimum atomic E-state index is -0.434. The van der Waals surface area contributed by atoms with E-state index in [0.29, 0.717) is 18.0 Å². The molecule has 0 bridgehead atoms. The Bertz CT molecular complexity index is 431. The largest absolute Gasteiger partial charge is 0.497 e. The van der Waals surface area contributed by atoms with Crippen LogP contribution in [0.25, 0.3) is 0 Å². The predicted octanol–water partition coefficient (Wildman–Crippen LogP) is 3.63. The Labute approximate surface area is 128 Å². The van der Waals surface area contributed by atoms with Crippen LogP contribution in [0.15, 0.2) is 24.3 Å². The molecule has 1 fully saturated rings. The van der Waals surface area contributed by atoms with Crippen molar-refractivity contribution in [1.29, 1.82) is 0 Å². The highest BCUT2D eigenvalue weighted by atomic mass is 16.5. The third-order valence-electron chi connectivity index (χ3n) is 4.89. The van der Waals surface area contributed by atoms with Gasteiger partial charge in [0.15, 0.2) is 0 Å². The number of rotatable bonds is 5. The van der Waals surface area contributed by atoms with Crippen molar-refractivity contribution in [3.05, 3.63) is 29.8 Å². The summed E-state index contributed by atoms with van der Waals surface area (Å²) in [6.45, 7) is 5.41. The number of nitrogens with zero attached hydrogens (tertiary/aromatic N) is 1. The Morgan fingerprint density at radius 1 is 1.24 bits per heavy atom. The Balaban J connectivity index is 1.88. The van der Waals surface area contributed by atoms with E-state index >= 15 is 0 Å². The molecule has 1 aliphatic carbocycles. The Morgan fingerprint density at radius 2 is 1.81 bits per heavy atom. The van der Waals surface area contributed by atoms with E-state index in [9.17, 15) is 5.11 Å². The third-order valence-corrected chi connectivity index (χ3v) is 4.89. The van der Waals surface area contributed by atoms with Crippen LogP contribution in [0, 0.1) is 5.41 Å². The lowest BCUT2D eigenvalue weighted by Gasteiger charge is -2.39. The van der Waals surface area contributed by atoms with Gasteiger partial charge in [-0.25, -0.2) is 0 Å². The van der Waals surface area contributed by atoms with Crippen LogP contribution in [0.3, 0.4) is 0 Å². The van der Waals surface area contributed by atoms with Crippen LogP contribution in [-0.4, -0.2) is 36.8 Å². The highest BCUT2D eigenvalue weighted by molar-refractivity contribution is 5.28. The molecule has 1 N–H and O–H groups in total. The van der Waals surface area contributed by atoms with Gasteiger partial charge in [-0.3, -0.25) is 0 Å². The van der Waals surface area contributed by atoms with E-state index in [0.717, 1.165) is 11.3 Å². The van der Waals surface area contributed by atoms with Crippen molar-refractivity contribution in [2.75, 3.05) is 20.7 Å². The lowest BCUT2D eigenvalue weighted by Crippen LogP contribution is -2.39. The fourth-order valence-corrected chi connectivity index (χ4v) is 3.18. The van der Waals surface area contributed by atoms with Gasteiger partial charge in [0.2, 0.25) is 0 Å². The lowest BCUT2D eigenvalue weighted by molar-refractivity contribution is 0.0722. The highest BCUT2D eigenvalue weighted by Gasteiger charge is 2.29. The molecule has 1 atom stereocenters. The molecule has 0 saturated heterocycles. The molecule has 0 spiro atoms. The van der Waals surface area contributed by atoms with Crippen molar-refractivity contribution in [1.82, 2.24) is 4.90 Å². The molecule has 0 heterocycles. The molecule has 0 aromatic heterocycles. The number of hydrogen-bond acceptors (Lipinski definition) is 3. The molecule has 1 unspecified atom stereocenters. The van der Waals surface area contributed by atoms with Crippen LogP contribution in [0.5, 0.6) is 5.75 Å². The van der Waals surface area contributed by atoms with E-state index < -0.39 is 6.10 Å². The number of benzene rings is 1. The normalized spacial score (nSPS) is 20.5. The second-order valence-electron chi connectivity index (χ2n) is 7.12. The number of likely N-dealkylation sites (N-methyl/N-ethyl adjacent to an activating group) is 1. The molecule has 0 amide bonds. The summed E-state index contributed by atoms with van der Waals surface area (Å²) in [5, 5.41) is 10.4. The van der Waals surface area contributed by atoms with Crippen LogP contribution >= 0.6 is 0 Å². The number of aliphatic hydroxyl groups is 1. The topological polar surface area (TPSA) is 32.7 Å². The van der Waals surface area contributed by atoms with Crippen LogP contribution in [0.2, 0.25) is 0 Å². The van der Waals surface area contributed by atoms with Gasteiger partial charge in [0.05, 0.1) is 13.2 Å². The number of aliphatic hydroxyl groups excluding tert-OH is 1. The summed E-state index contributed by atoms with van der Waals surface area (Å²) in [4.78, 5) is 2.32. The van der Waals surface area contributed by atoms with Gasteiger partial charge in [0.1, 0.15) is 5.75 Å². The monoisotopic (exact) mass is 291 g/mol. The minimum Gasteiger partial charge on any atom is -0.497 e. The van der Waals surface area contributed by atoms with Gasteiger partial charge in [-0.2, -0.15) is 0 Å². The van der Waals surface area contributed by atoms with Gasteiger partial charge < -0.3 is 14.7 Å². The van der Waals surface area contributed by atoms with E-state index in [1.54, 1.807) is 7.11 Å². The summed E-state index contributed by atoms with van der Waals surface area (Å²) in [5.74, 6) is 0.828. The summed E-state index contributed by atoms with van der Waals surface area (Å²) in [5.41, 5.74) is 1.45. The summed E-state index contributed by atoms with van der Waals surface area (Å²) < 4.78 is 5.15. The summed E-state index contributed by atoms with van der Waals surface area (Å²) in [6, 6.07) is 8.30. The number of ether oxygens (including phenoxy) is 1. The van der Waals surface area contributed by atoms with Crippen LogP contribution in [0.1, 0.15) is 51.2 Å². The first-order valence-electron chi connectivity index (χ1n) is 7.93. The molecule has 21 heavy (non-hydrogen) atoms. The molecule has 0 radical (unpaired) electrons. The zero-order chi connectivity index (χ0) is 15.5. The fourth-order valence-electron chi connectivity index (χ4n) is 3.18. The number of methoxy groups -OCH3 is 1. The SMILES string of the molecule is COc1ccc(C(O)CN(C)C2CCC(C)(C)CC2)cc1. The van der Waals surface area contributed by atoms with Crippen molar-refractivity contribution >= 4 is 0 Å². The standard InChI is InChI=1S/C18H29NO2/c1-18(2)11-9-15(10-12-18)19(3)13-17(20)14-5-7-16(21-4)8-6-14/h5-8,15,17,20H,9-13H2,1-4H3. The van der Waals surface area contributed by atoms with Gasteiger partial charge in [0.25, 0.3) is 0 Å². The first-order valence-corrected chi connectivity index (χ1v) is 7.93. The van der Waals surface area contributed by atoms with Crippen LogP contribution < -0.4 is 4.74 Å². The van der Waals surface area contributed by atoms with E-state index in [-0.39, 0.29) is 0 Å². The maximum absolute atomic E-state index is 10.4. The molecular formula is C18H29NO2. The molecule has 0 aliphatic heterocycles. The average Bonchev–Trinajstić information content (AvgIpc) is 2.47. The molecule has 1 saturated carbocycles. The summed E-state index contributed by atoms with van der Waals surface area (Å²) in [6.07, 6.45) is 4.59. The minimum absolute atomic E-state index is 0.434. The fraction of sp³-hybridized carbons (Fsp3) is 0.667. The van der Waals surface area contributed by atoms with Crippen molar-refractivity contribution in [3.63, 3.8) is 0 Å². The Morgan fingerprint density at radius 3 is 2.33 bits per heavy atom. The predicted molar refractivity (Wildman–Crippen MR) is 86.6 cm³/mol. The molecule has 118 valence electrons. The van der Waals surface area contributed by atoms with Gasteiger partial charge in [0, 0.05) is 12.6 Å². The molecule has 1 aliphatic rings. The molecule has 1 aromatic carbocycles. The molecule has 2 rings (SSSR count). The van der Waals surface area contributed by atoms with E-state index in [2.05, 4.69) is 25.8 Å². The van der Waals surface area contributed by atoms with Crippen molar-refractivity contribution < 1.29 is 9.84 Å². The smallest absolute Gasteiger partial charge is 0.118 e. The van der Waals surface area contributed by atoms with Crippen molar-refractivity contribution in [3.8, 4) is 5.75 Å².